The summed E-state index contributed by atoms with van der Waals surface area (Å²) in [5, 5.41) is 2.59. The highest BCUT2D eigenvalue weighted by atomic mass is 127. The maximum absolute atomic E-state index is 5.14. The minimum absolute atomic E-state index is 0.0467. The van der Waals surface area contributed by atoms with E-state index >= 15 is 0 Å². The van der Waals surface area contributed by atoms with E-state index in [-0.39, 0.29) is 5.41 Å². The molecule has 0 unspecified atom stereocenters. The summed E-state index contributed by atoms with van der Waals surface area (Å²) in [5.74, 6) is 0.997. The molecule has 6 rings (SSSR count). The van der Waals surface area contributed by atoms with Gasteiger partial charge in [-0.2, -0.15) is 0 Å². The quantitative estimate of drug-likeness (QED) is 0.206. The molecule has 0 radical (unpaired) electrons. The molecule has 0 spiro atoms. The lowest BCUT2D eigenvalue weighted by atomic mass is 9.86. The predicted molar refractivity (Wildman–Crippen MR) is 135 cm³/mol. The van der Waals surface area contributed by atoms with Gasteiger partial charge in [0.2, 0.25) is 5.78 Å². The number of hydrogen-bond donors (Lipinski definition) is 0. The monoisotopic (exact) mass is 506 g/mol. The van der Waals surface area contributed by atoms with Crippen molar-refractivity contribution in [2.24, 2.45) is 7.05 Å². The number of rotatable bonds is 0. The fourth-order valence-corrected chi connectivity index (χ4v) is 6.12. The fourth-order valence-electron chi connectivity index (χ4n) is 5.08. The van der Waals surface area contributed by atoms with E-state index < -0.39 is 0 Å². The van der Waals surface area contributed by atoms with E-state index in [1.54, 1.807) is 0 Å². The van der Waals surface area contributed by atoms with E-state index in [2.05, 4.69) is 118 Å². The van der Waals surface area contributed by atoms with Gasteiger partial charge in [-0.25, -0.2) is 4.98 Å². The zero-order chi connectivity index (χ0) is 20.9. The highest BCUT2D eigenvalue weighted by molar-refractivity contribution is 14.1. The molecule has 0 amide bonds. The first-order valence-electron chi connectivity index (χ1n) is 10.3. The van der Waals surface area contributed by atoms with Crippen LogP contribution in [0, 0.1) is 6.92 Å². The third-order valence-corrected chi connectivity index (χ3v) is 7.45. The molecule has 3 aromatic carbocycles. The molecule has 6 aromatic rings. The van der Waals surface area contributed by atoms with Gasteiger partial charge in [-0.1, -0.05) is 51.1 Å². The molecule has 0 saturated heterocycles. The van der Waals surface area contributed by atoms with Crippen LogP contribution in [0.3, 0.4) is 0 Å². The van der Waals surface area contributed by atoms with Crippen molar-refractivity contribution in [1.82, 2.24) is 16.7 Å². The average Bonchev–Trinajstić information content (AvgIpc) is 3.31. The topological polar surface area (TPSA) is 27.2 Å². The Morgan fingerprint density at radius 1 is 0.867 bits per heavy atom. The largest absolute Gasteiger partial charge is 0.312 e. The Kier molecular flexibility index (Phi) is 3.52. The maximum Gasteiger partial charge on any atom is 0.215 e. The second-order valence-corrected chi connectivity index (χ2v) is 10.3. The van der Waals surface area contributed by atoms with Crippen molar-refractivity contribution in [2.75, 3.05) is 0 Å². The highest BCUT2D eigenvalue weighted by Gasteiger charge is 2.24. The van der Waals surface area contributed by atoms with Crippen molar-refractivity contribution < 1.29 is 0 Å². The summed E-state index contributed by atoms with van der Waals surface area (Å²) < 4.78 is 6.89. The number of aromatic nitrogens is 4. The average molecular weight is 506 g/mol. The molecular formula is C25H23IN4. The summed E-state index contributed by atoms with van der Waals surface area (Å²) in [5.41, 5.74) is 9.92. The highest BCUT2D eigenvalue weighted by Crippen LogP contribution is 2.39. The lowest BCUT2D eigenvalue weighted by Crippen LogP contribution is -2.11. The van der Waals surface area contributed by atoms with Gasteiger partial charge in [0.05, 0.1) is 56.0 Å². The zero-order valence-electron chi connectivity index (χ0n) is 17.8. The Morgan fingerprint density at radius 3 is 2.37 bits per heavy atom. The van der Waals surface area contributed by atoms with Crippen LogP contribution >= 0.6 is 22.9 Å². The van der Waals surface area contributed by atoms with Gasteiger partial charge in [0.1, 0.15) is 0 Å². The summed E-state index contributed by atoms with van der Waals surface area (Å²) in [7, 11) is 2.14. The summed E-state index contributed by atoms with van der Waals surface area (Å²) in [6.07, 6.45) is 0. The van der Waals surface area contributed by atoms with E-state index in [1.165, 1.54) is 49.5 Å². The van der Waals surface area contributed by atoms with Crippen LogP contribution in [0.4, 0.5) is 0 Å². The van der Waals surface area contributed by atoms with Crippen molar-refractivity contribution >= 4 is 72.5 Å². The maximum atomic E-state index is 5.14. The zero-order valence-corrected chi connectivity index (χ0v) is 19.9. The van der Waals surface area contributed by atoms with Crippen LogP contribution in [0.2, 0.25) is 0 Å². The van der Waals surface area contributed by atoms with Crippen LogP contribution in [0.1, 0.15) is 31.9 Å². The SMILES string of the molecule is Cc1c2c(cc3c4ccccc4n(I)c13)n1c3cccc(C(C)(C)C)c3nc1n2C. The number of imidazole rings is 2. The number of nitrogens with zero attached hydrogens (tertiary/aromatic N) is 4. The smallest absolute Gasteiger partial charge is 0.215 e. The van der Waals surface area contributed by atoms with E-state index in [0.717, 1.165) is 11.3 Å². The van der Waals surface area contributed by atoms with Crippen molar-refractivity contribution in [3.05, 3.63) is 59.7 Å². The van der Waals surface area contributed by atoms with Crippen LogP contribution in [-0.4, -0.2) is 16.7 Å². The summed E-state index contributed by atoms with van der Waals surface area (Å²) in [4.78, 5) is 5.14. The Labute approximate surface area is 188 Å². The molecule has 0 aliphatic carbocycles. The normalized spacial score (nSPS) is 13.0. The lowest BCUT2D eigenvalue weighted by Gasteiger charge is -2.19. The van der Waals surface area contributed by atoms with E-state index in [4.69, 9.17) is 4.98 Å². The number of benzene rings is 3. The number of fused-ring (bicyclic) bond motifs is 8. The van der Waals surface area contributed by atoms with E-state index in [9.17, 15) is 0 Å². The van der Waals surface area contributed by atoms with Gasteiger partial charge in [-0.3, -0.25) is 7.18 Å². The van der Waals surface area contributed by atoms with Gasteiger partial charge in [-0.05, 0) is 36.1 Å². The number of halogens is 1. The predicted octanol–water partition coefficient (Wildman–Crippen LogP) is 6.89. The fraction of sp³-hybridized carbons (Fsp3) is 0.240. The van der Waals surface area contributed by atoms with Crippen molar-refractivity contribution in [1.29, 1.82) is 0 Å². The molecular weight excluding hydrogens is 483 g/mol. The Bertz CT molecular complexity index is 1650. The first-order chi connectivity index (χ1) is 14.3. The van der Waals surface area contributed by atoms with Gasteiger partial charge in [0.15, 0.2) is 0 Å². The van der Waals surface area contributed by atoms with Crippen LogP contribution in [-0.2, 0) is 12.5 Å². The summed E-state index contributed by atoms with van der Waals surface area (Å²) >= 11 is 2.43. The first-order valence-corrected chi connectivity index (χ1v) is 11.2. The van der Waals surface area contributed by atoms with Crippen LogP contribution in [0.5, 0.6) is 0 Å². The van der Waals surface area contributed by atoms with Gasteiger partial charge in [-0.15, -0.1) is 0 Å². The number of hydrogen-bond acceptors (Lipinski definition) is 1. The number of aryl methyl sites for hydroxylation is 2. The van der Waals surface area contributed by atoms with Gasteiger partial charge < -0.3 is 4.57 Å². The van der Waals surface area contributed by atoms with Crippen LogP contribution < -0.4 is 0 Å². The molecule has 0 atom stereocenters. The summed E-state index contributed by atoms with van der Waals surface area (Å²) in [6.45, 7) is 9.01. The minimum Gasteiger partial charge on any atom is -0.312 e. The third kappa shape index (κ3) is 2.14. The van der Waals surface area contributed by atoms with Gasteiger partial charge in [0, 0.05) is 23.4 Å². The lowest BCUT2D eigenvalue weighted by molar-refractivity contribution is 0.595. The number of para-hydroxylation sites is 2. The van der Waals surface area contributed by atoms with E-state index in [1.807, 2.05) is 0 Å². The van der Waals surface area contributed by atoms with Crippen molar-refractivity contribution in [3.63, 3.8) is 0 Å². The standard InChI is InChI=1S/C25H23IN4/c1-14-22-16(15-9-6-7-11-18(15)30(22)26)13-20-23(14)28(5)24-27-21-17(25(2,3)4)10-8-12-19(21)29(20)24/h6-13H,1-5H3. The third-order valence-electron chi connectivity index (χ3n) is 6.44. The second-order valence-electron chi connectivity index (χ2n) is 9.29. The molecule has 3 aromatic heterocycles. The molecule has 5 heteroatoms. The minimum atomic E-state index is 0.0467. The Morgan fingerprint density at radius 2 is 1.60 bits per heavy atom. The first kappa shape index (κ1) is 18.2. The van der Waals surface area contributed by atoms with E-state index in [0.29, 0.717) is 0 Å². The summed E-state index contributed by atoms with van der Waals surface area (Å²) in [6, 6.07) is 17.6. The van der Waals surface area contributed by atoms with Crippen LogP contribution in [0.15, 0.2) is 48.5 Å². The van der Waals surface area contributed by atoms with Crippen molar-refractivity contribution in [3.8, 4) is 0 Å². The van der Waals surface area contributed by atoms with Gasteiger partial charge in [0.25, 0.3) is 0 Å². The molecule has 0 aliphatic heterocycles. The van der Waals surface area contributed by atoms with Crippen molar-refractivity contribution in [2.45, 2.75) is 33.1 Å². The molecule has 0 saturated carbocycles. The van der Waals surface area contributed by atoms with Gasteiger partial charge >= 0.3 is 0 Å². The van der Waals surface area contributed by atoms with Crippen LogP contribution in [0.25, 0.3) is 49.7 Å². The molecule has 0 fully saturated rings. The molecule has 0 aliphatic rings. The Hall–Kier alpha value is -2.54. The molecule has 150 valence electrons. The molecule has 3 heterocycles. The molecule has 0 N–H and O–H groups in total. The molecule has 30 heavy (non-hydrogen) atoms. The molecule has 4 nitrogen and oxygen atoms in total. The molecule has 0 bridgehead atoms. The second kappa shape index (κ2) is 5.78. The Balaban J connectivity index is 1.88.